The molecule has 0 bridgehead atoms. The third kappa shape index (κ3) is 2.81. The Hall–Kier alpha value is -1.14. The lowest BCUT2D eigenvalue weighted by atomic mass is 10.0. The van der Waals surface area contributed by atoms with Gasteiger partial charge in [-0.25, -0.2) is 9.97 Å². The van der Waals surface area contributed by atoms with E-state index in [2.05, 4.69) is 16.9 Å². The Morgan fingerprint density at radius 1 is 1.50 bits per heavy atom. The summed E-state index contributed by atoms with van der Waals surface area (Å²) in [5, 5.41) is 2.93. The van der Waals surface area contributed by atoms with Crippen LogP contribution in [-0.4, -0.2) is 39.1 Å². The Balaban J connectivity index is 1.67. The van der Waals surface area contributed by atoms with Gasteiger partial charge in [-0.3, -0.25) is 4.79 Å². The summed E-state index contributed by atoms with van der Waals surface area (Å²) in [4.78, 5) is 22.9. The molecule has 106 valence electrons. The van der Waals surface area contributed by atoms with Crippen LogP contribution in [-0.2, 0) is 4.79 Å². The molecule has 6 heteroatoms. The molecule has 1 unspecified atom stereocenters. The normalized spacial score (nSPS) is 19.4. The first-order valence-electron chi connectivity index (χ1n) is 6.86. The van der Waals surface area contributed by atoms with Crippen molar-refractivity contribution in [2.45, 2.75) is 37.3 Å². The van der Waals surface area contributed by atoms with Crippen molar-refractivity contribution in [3.8, 4) is 0 Å². The molecule has 2 aromatic heterocycles. The number of carbonyl (C=O) groups excluding carboxylic acids is 1. The molecule has 0 spiro atoms. The van der Waals surface area contributed by atoms with E-state index in [0.717, 1.165) is 34.6 Å². The van der Waals surface area contributed by atoms with Crippen molar-refractivity contribution < 1.29 is 4.79 Å². The molecule has 1 atom stereocenters. The van der Waals surface area contributed by atoms with E-state index in [1.54, 1.807) is 17.7 Å². The number of fused-ring (bicyclic) bond motifs is 1. The number of hydrogen-bond acceptors (Lipinski definition) is 5. The summed E-state index contributed by atoms with van der Waals surface area (Å²) in [5.41, 5.74) is 0.964. The molecular formula is C14H17N3OS2. The second kappa shape index (κ2) is 6.10. The van der Waals surface area contributed by atoms with Gasteiger partial charge in [-0.2, -0.15) is 0 Å². The lowest BCUT2D eigenvalue weighted by Gasteiger charge is -2.33. The molecule has 0 aromatic carbocycles. The highest BCUT2D eigenvalue weighted by Gasteiger charge is 2.23. The Labute approximate surface area is 126 Å². The standard InChI is InChI=1S/C14H17N3OS2/c1-10-4-2-3-6-17(10)12(18)8-20-14-13-11(5-7-19-13)15-9-16-14/h5,7,9-10H,2-4,6,8H2,1H3. The van der Waals surface area contributed by atoms with Crippen LogP contribution in [0.5, 0.6) is 0 Å². The maximum absolute atomic E-state index is 12.3. The number of carbonyl (C=O) groups is 1. The van der Waals surface area contributed by atoms with Crippen LogP contribution in [0.25, 0.3) is 10.2 Å². The van der Waals surface area contributed by atoms with E-state index in [1.165, 1.54) is 18.2 Å². The van der Waals surface area contributed by atoms with Gasteiger partial charge in [0.15, 0.2) is 0 Å². The largest absolute Gasteiger partial charge is 0.339 e. The first kappa shape index (κ1) is 13.8. The van der Waals surface area contributed by atoms with E-state index in [9.17, 15) is 4.79 Å². The van der Waals surface area contributed by atoms with Gasteiger partial charge < -0.3 is 4.90 Å². The van der Waals surface area contributed by atoms with Crippen LogP contribution in [0.1, 0.15) is 26.2 Å². The second-order valence-electron chi connectivity index (χ2n) is 5.03. The van der Waals surface area contributed by atoms with Crippen LogP contribution in [0, 0.1) is 0 Å². The van der Waals surface area contributed by atoms with Gasteiger partial charge in [-0.1, -0.05) is 11.8 Å². The molecule has 0 saturated carbocycles. The molecular weight excluding hydrogens is 290 g/mol. The lowest BCUT2D eigenvalue weighted by molar-refractivity contribution is -0.131. The summed E-state index contributed by atoms with van der Waals surface area (Å²) in [5.74, 6) is 0.694. The van der Waals surface area contributed by atoms with Gasteiger partial charge in [-0.15, -0.1) is 11.3 Å². The van der Waals surface area contributed by atoms with Crippen LogP contribution in [0.15, 0.2) is 22.8 Å². The average Bonchev–Trinajstić information content (AvgIpc) is 2.94. The first-order chi connectivity index (χ1) is 9.75. The van der Waals surface area contributed by atoms with Gasteiger partial charge in [0.05, 0.1) is 16.0 Å². The van der Waals surface area contributed by atoms with Crippen LogP contribution in [0.2, 0.25) is 0 Å². The summed E-state index contributed by atoms with van der Waals surface area (Å²) in [6.45, 7) is 3.04. The molecule has 0 radical (unpaired) electrons. The smallest absolute Gasteiger partial charge is 0.233 e. The predicted molar refractivity (Wildman–Crippen MR) is 83.2 cm³/mol. The van der Waals surface area contributed by atoms with E-state index >= 15 is 0 Å². The second-order valence-corrected chi connectivity index (χ2v) is 6.91. The molecule has 2 aromatic rings. The molecule has 3 rings (SSSR count). The average molecular weight is 307 g/mol. The number of aromatic nitrogens is 2. The van der Waals surface area contributed by atoms with E-state index in [0.29, 0.717) is 11.8 Å². The van der Waals surface area contributed by atoms with Crippen LogP contribution < -0.4 is 0 Å². The highest BCUT2D eigenvalue weighted by atomic mass is 32.2. The molecule has 0 N–H and O–H groups in total. The summed E-state index contributed by atoms with van der Waals surface area (Å²) < 4.78 is 1.08. The van der Waals surface area contributed by atoms with Gasteiger partial charge in [0.25, 0.3) is 0 Å². The zero-order valence-electron chi connectivity index (χ0n) is 11.4. The molecule has 1 saturated heterocycles. The lowest BCUT2D eigenvalue weighted by Crippen LogP contribution is -2.42. The van der Waals surface area contributed by atoms with E-state index < -0.39 is 0 Å². The zero-order valence-corrected chi connectivity index (χ0v) is 13.0. The fourth-order valence-corrected chi connectivity index (χ4v) is 4.38. The fraction of sp³-hybridized carbons (Fsp3) is 0.500. The third-order valence-electron chi connectivity index (χ3n) is 3.67. The number of likely N-dealkylation sites (tertiary alicyclic amines) is 1. The van der Waals surface area contributed by atoms with E-state index in [1.807, 2.05) is 16.3 Å². The Morgan fingerprint density at radius 3 is 3.25 bits per heavy atom. The molecule has 1 fully saturated rings. The van der Waals surface area contributed by atoms with Gasteiger partial charge in [0, 0.05) is 12.6 Å². The number of hydrogen-bond donors (Lipinski definition) is 0. The van der Waals surface area contributed by atoms with Crippen molar-refractivity contribution in [3.63, 3.8) is 0 Å². The predicted octanol–water partition coefficient (Wildman–Crippen LogP) is 3.18. The molecule has 20 heavy (non-hydrogen) atoms. The van der Waals surface area contributed by atoms with Crippen molar-refractivity contribution in [1.29, 1.82) is 0 Å². The number of piperidine rings is 1. The Kier molecular flexibility index (Phi) is 4.21. The molecule has 1 amide bonds. The first-order valence-corrected chi connectivity index (χ1v) is 8.72. The number of rotatable bonds is 3. The van der Waals surface area contributed by atoms with Crippen molar-refractivity contribution in [3.05, 3.63) is 17.8 Å². The van der Waals surface area contributed by atoms with Crippen LogP contribution in [0.4, 0.5) is 0 Å². The van der Waals surface area contributed by atoms with Gasteiger partial charge in [-0.05, 0) is 37.6 Å². The number of nitrogens with zero attached hydrogens (tertiary/aromatic N) is 3. The zero-order chi connectivity index (χ0) is 13.9. The minimum atomic E-state index is 0.227. The van der Waals surface area contributed by atoms with Crippen LogP contribution in [0.3, 0.4) is 0 Å². The van der Waals surface area contributed by atoms with Crippen LogP contribution >= 0.6 is 23.1 Å². The maximum Gasteiger partial charge on any atom is 0.233 e. The molecule has 1 aliphatic heterocycles. The van der Waals surface area contributed by atoms with Crippen molar-refractivity contribution >= 4 is 39.2 Å². The van der Waals surface area contributed by atoms with Gasteiger partial charge in [0.1, 0.15) is 11.4 Å². The fourth-order valence-electron chi connectivity index (χ4n) is 2.55. The Morgan fingerprint density at radius 2 is 2.40 bits per heavy atom. The van der Waals surface area contributed by atoms with E-state index in [4.69, 9.17) is 0 Å². The minimum Gasteiger partial charge on any atom is -0.339 e. The highest BCUT2D eigenvalue weighted by Crippen LogP contribution is 2.29. The third-order valence-corrected chi connectivity index (χ3v) is 5.68. The van der Waals surface area contributed by atoms with Gasteiger partial charge in [0.2, 0.25) is 5.91 Å². The number of thiophene rings is 1. The minimum absolute atomic E-state index is 0.227. The van der Waals surface area contributed by atoms with E-state index in [-0.39, 0.29) is 5.91 Å². The summed E-state index contributed by atoms with van der Waals surface area (Å²) in [7, 11) is 0. The molecule has 3 heterocycles. The highest BCUT2D eigenvalue weighted by molar-refractivity contribution is 8.00. The summed E-state index contributed by atoms with van der Waals surface area (Å²) in [6, 6.07) is 2.37. The van der Waals surface area contributed by atoms with Gasteiger partial charge >= 0.3 is 0 Å². The summed E-state index contributed by atoms with van der Waals surface area (Å²) >= 11 is 3.16. The number of amides is 1. The molecule has 4 nitrogen and oxygen atoms in total. The summed E-state index contributed by atoms with van der Waals surface area (Å²) in [6.07, 6.45) is 5.06. The maximum atomic E-state index is 12.3. The van der Waals surface area contributed by atoms with Crippen molar-refractivity contribution in [1.82, 2.24) is 14.9 Å². The molecule has 0 aliphatic carbocycles. The van der Waals surface area contributed by atoms with Crippen molar-refractivity contribution in [2.24, 2.45) is 0 Å². The quantitative estimate of drug-likeness (QED) is 0.645. The number of thioether (sulfide) groups is 1. The Bertz CT molecular complexity index is 613. The topological polar surface area (TPSA) is 46.1 Å². The van der Waals surface area contributed by atoms with Crippen molar-refractivity contribution in [2.75, 3.05) is 12.3 Å². The monoisotopic (exact) mass is 307 g/mol. The SMILES string of the molecule is CC1CCCCN1C(=O)CSc1ncnc2ccsc12. The molecule has 1 aliphatic rings.